The van der Waals surface area contributed by atoms with E-state index < -0.39 is 0 Å². The Labute approximate surface area is 209 Å². The van der Waals surface area contributed by atoms with Gasteiger partial charge in [0.25, 0.3) is 5.91 Å². The molecular weight excluding hydrogens is 452 g/mol. The van der Waals surface area contributed by atoms with Crippen LogP contribution in [0, 0.1) is 0 Å². The third kappa shape index (κ3) is 4.85. The lowest BCUT2D eigenvalue weighted by atomic mass is 10.0. The van der Waals surface area contributed by atoms with Crippen LogP contribution in [0.1, 0.15) is 6.92 Å². The fraction of sp³-hybridized carbons (Fsp3) is 0.179. The standard InChI is InChI=1S/C28H28N6O2/c1-18(2)27(35)30-20-8-5-7-19(17-20)21-9-6-10-22-25(21)32-28(33-26(22)29)31-23-11-3-4-12-24(23)34-13-15-36-16-14-34/h3-12,17H,1,13-16H2,2H3,(H,30,35)(H3,29,31,32,33). The van der Waals surface area contributed by atoms with Crippen molar-refractivity contribution >= 4 is 45.6 Å². The van der Waals surface area contributed by atoms with Crippen LogP contribution in [-0.2, 0) is 9.53 Å². The van der Waals surface area contributed by atoms with E-state index in [2.05, 4.69) is 33.2 Å². The summed E-state index contributed by atoms with van der Waals surface area (Å²) >= 11 is 0. The van der Waals surface area contributed by atoms with Gasteiger partial charge in [0.15, 0.2) is 0 Å². The molecule has 0 spiro atoms. The third-order valence-corrected chi connectivity index (χ3v) is 6.08. The van der Waals surface area contributed by atoms with Crippen LogP contribution in [0.15, 0.2) is 78.9 Å². The maximum absolute atomic E-state index is 12.1. The molecule has 8 heteroatoms. The summed E-state index contributed by atoms with van der Waals surface area (Å²) in [6.45, 7) is 8.42. The smallest absolute Gasteiger partial charge is 0.250 e. The van der Waals surface area contributed by atoms with Crippen molar-refractivity contribution in [3.63, 3.8) is 0 Å². The highest BCUT2D eigenvalue weighted by Crippen LogP contribution is 2.33. The Bertz CT molecular complexity index is 1450. The van der Waals surface area contributed by atoms with Gasteiger partial charge in [-0.05, 0) is 42.8 Å². The van der Waals surface area contributed by atoms with Gasteiger partial charge in [0.2, 0.25) is 5.95 Å². The molecule has 36 heavy (non-hydrogen) atoms. The molecule has 1 fully saturated rings. The fourth-order valence-electron chi connectivity index (χ4n) is 4.25. The molecule has 0 aliphatic carbocycles. The van der Waals surface area contributed by atoms with E-state index in [4.69, 9.17) is 15.5 Å². The fourth-order valence-corrected chi connectivity index (χ4v) is 4.25. The Morgan fingerprint density at radius 1 is 1.03 bits per heavy atom. The average molecular weight is 481 g/mol. The zero-order chi connectivity index (χ0) is 25.1. The van der Waals surface area contributed by atoms with Gasteiger partial charge in [-0.3, -0.25) is 4.79 Å². The SMILES string of the molecule is C=C(C)C(=O)Nc1cccc(-c2cccc3c(N)nc(Nc4ccccc4N4CCOCC4)nc23)c1. The molecule has 8 nitrogen and oxygen atoms in total. The topological polar surface area (TPSA) is 105 Å². The molecule has 0 radical (unpaired) electrons. The zero-order valence-electron chi connectivity index (χ0n) is 20.1. The number of nitrogens with one attached hydrogen (secondary N) is 2. The lowest BCUT2D eigenvalue weighted by Gasteiger charge is -2.30. The highest BCUT2D eigenvalue weighted by Gasteiger charge is 2.17. The van der Waals surface area contributed by atoms with Crippen molar-refractivity contribution in [3.05, 3.63) is 78.9 Å². The maximum atomic E-state index is 12.1. The van der Waals surface area contributed by atoms with Crippen molar-refractivity contribution in [2.24, 2.45) is 0 Å². The first-order valence-corrected chi connectivity index (χ1v) is 11.8. The first-order valence-electron chi connectivity index (χ1n) is 11.8. The number of hydrogen-bond donors (Lipinski definition) is 3. The van der Waals surface area contributed by atoms with E-state index in [1.807, 2.05) is 60.7 Å². The number of benzene rings is 3. The molecule has 182 valence electrons. The number of anilines is 5. The molecule has 4 N–H and O–H groups in total. The van der Waals surface area contributed by atoms with E-state index in [0.29, 0.717) is 36.2 Å². The Morgan fingerprint density at radius 3 is 2.61 bits per heavy atom. The predicted molar refractivity (Wildman–Crippen MR) is 146 cm³/mol. The number of rotatable bonds is 6. The molecule has 1 saturated heterocycles. The van der Waals surface area contributed by atoms with Crippen LogP contribution in [-0.4, -0.2) is 42.2 Å². The minimum atomic E-state index is -0.220. The van der Waals surface area contributed by atoms with Gasteiger partial charge in [-0.2, -0.15) is 4.98 Å². The van der Waals surface area contributed by atoms with Crippen LogP contribution in [0.3, 0.4) is 0 Å². The number of nitrogens with zero attached hydrogens (tertiary/aromatic N) is 3. The van der Waals surface area contributed by atoms with Gasteiger partial charge in [-0.1, -0.05) is 43.0 Å². The molecular formula is C28H28N6O2. The summed E-state index contributed by atoms with van der Waals surface area (Å²) in [5.41, 5.74) is 12.0. The molecule has 1 aliphatic heterocycles. The van der Waals surface area contributed by atoms with Crippen molar-refractivity contribution in [2.45, 2.75) is 6.92 Å². The molecule has 0 unspecified atom stereocenters. The van der Waals surface area contributed by atoms with E-state index in [1.165, 1.54) is 0 Å². The number of fused-ring (bicyclic) bond motifs is 1. The van der Waals surface area contributed by atoms with E-state index >= 15 is 0 Å². The van der Waals surface area contributed by atoms with E-state index in [0.717, 1.165) is 46.5 Å². The molecule has 1 aromatic heterocycles. The van der Waals surface area contributed by atoms with Gasteiger partial charge in [0.1, 0.15) is 5.82 Å². The van der Waals surface area contributed by atoms with Crippen molar-refractivity contribution < 1.29 is 9.53 Å². The lowest BCUT2D eigenvalue weighted by molar-refractivity contribution is -0.112. The number of aromatic nitrogens is 2. The normalized spacial score (nSPS) is 13.4. The number of carbonyl (C=O) groups is 1. The monoisotopic (exact) mass is 480 g/mol. The molecule has 3 aromatic carbocycles. The summed E-state index contributed by atoms with van der Waals surface area (Å²) in [4.78, 5) is 23.8. The summed E-state index contributed by atoms with van der Waals surface area (Å²) in [6.07, 6.45) is 0. The second kappa shape index (κ2) is 10.1. The van der Waals surface area contributed by atoms with E-state index in [1.54, 1.807) is 6.92 Å². The van der Waals surface area contributed by atoms with Crippen molar-refractivity contribution in [2.75, 3.05) is 47.6 Å². The van der Waals surface area contributed by atoms with Crippen LogP contribution in [0.25, 0.3) is 22.0 Å². The quantitative estimate of drug-likeness (QED) is 0.335. The van der Waals surface area contributed by atoms with Crippen molar-refractivity contribution in [1.82, 2.24) is 9.97 Å². The minimum Gasteiger partial charge on any atom is -0.383 e. The van der Waals surface area contributed by atoms with Gasteiger partial charge < -0.3 is 26.0 Å². The molecule has 4 aromatic rings. The van der Waals surface area contributed by atoms with Crippen LogP contribution in [0.2, 0.25) is 0 Å². The lowest BCUT2D eigenvalue weighted by Crippen LogP contribution is -2.36. The predicted octanol–water partition coefficient (Wildman–Crippen LogP) is 4.97. The van der Waals surface area contributed by atoms with E-state index in [-0.39, 0.29) is 5.91 Å². The maximum Gasteiger partial charge on any atom is 0.250 e. The summed E-state index contributed by atoms with van der Waals surface area (Å²) in [5, 5.41) is 7.01. The number of hydrogen-bond acceptors (Lipinski definition) is 7. The minimum absolute atomic E-state index is 0.220. The summed E-state index contributed by atoms with van der Waals surface area (Å²) in [6, 6.07) is 21.5. The number of morpholine rings is 1. The number of nitrogens with two attached hydrogens (primary N) is 1. The summed E-state index contributed by atoms with van der Waals surface area (Å²) in [7, 11) is 0. The van der Waals surface area contributed by atoms with Gasteiger partial charge in [0, 0.05) is 35.3 Å². The largest absolute Gasteiger partial charge is 0.383 e. The summed E-state index contributed by atoms with van der Waals surface area (Å²) < 4.78 is 5.51. The van der Waals surface area contributed by atoms with Crippen molar-refractivity contribution in [3.8, 4) is 11.1 Å². The number of ether oxygens (including phenoxy) is 1. The number of nitrogen functional groups attached to an aromatic ring is 1. The molecule has 5 rings (SSSR count). The molecule has 1 amide bonds. The zero-order valence-corrected chi connectivity index (χ0v) is 20.1. The van der Waals surface area contributed by atoms with Gasteiger partial charge in [-0.25, -0.2) is 4.98 Å². The van der Waals surface area contributed by atoms with Crippen LogP contribution in [0.5, 0.6) is 0 Å². The number of carbonyl (C=O) groups excluding carboxylic acids is 1. The van der Waals surface area contributed by atoms with E-state index in [9.17, 15) is 4.79 Å². The number of para-hydroxylation sites is 3. The first kappa shape index (κ1) is 23.3. The number of amides is 1. The Balaban J connectivity index is 1.53. The Morgan fingerprint density at radius 2 is 1.81 bits per heavy atom. The molecule has 0 saturated carbocycles. The van der Waals surface area contributed by atoms with Crippen molar-refractivity contribution in [1.29, 1.82) is 0 Å². The third-order valence-electron chi connectivity index (χ3n) is 6.08. The van der Waals surface area contributed by atoms with Gasteiger partial charge in [0.05, 0.1) is 30.1 Å². The average Bonchev–Trinajstić information content (AvgIpc) is 2.89. The Kier molecular flexibility index (Phi) is 6.51. The Hall–Kier alpha value is -4.43. The molecule has 1 aliphatic rings. The molecule has 0 bridgehead atoms. The summed E-state index contributed by atoms with van der Waals surface area (Å²) in [5.74, 6) is 0.585. The van der Waals surface area contributed by atoms with Gasteiger partial charge in [-0.15, -0.1) is 0 Å². The van der Waals surface area contributed by atoms with Crippen LogP contribution in [0.4, 0.5) is 28.8 Å². The van der Waals surface area contributed by atoms with Crippen LogP contribution < -0.4 is 21.3 Å². The second-order valence-corrected chi connectivity index (χ2v) is 8.69. The molecule has 2 heterocycles. The highest BCUT2D eigenvalue weighted by molar-refractivity contribution is 6.04. The molecule has 0 atom stereocenters. The van der Waals surface area contributed by atoms with Crippen LogP contribution >= 0.6 is 0 Å². The highest BCUT2D eigenvalue weighted by atomic mass is 16.5. The second-order valence-electron chi connectivity index (χ2n) is 8.69. The first-order chi connectivity index (χ1) is 17.5. The van der Waals surface area contributed by atoms with Gasteiger partial charge >= 0.3 is 0 Å².